The smallest absolute Gasteiger partial charge is 0.0790 e. The van der Waals surface area contributed by atoms with E-state index in [1.807, 2.05) is 0 Å². The van der Waals surface area contributed by atoms with Gasteiger partial charge < -0.3 is 0 Å². The van der Waals surface area contributed by atoms with Crippen molar-refractivity contribution in [2.75, 3.05) is 0 Å². The molecule has 0 radical (unpaired) electrons. The van der Waals surface area contributed by atoms with Crippen molar-refractivity contribution in [3.05, 3.63) is 0 Å². The number of hydrogen-bond acceptors (Lipinski definition) is 2. The molecule has 1 aliphatic rings. The van der Waals surface area contributed by atoms with E-state index in [-0.39, 0.29) is 9.72 Å². The molecule has 1 saturated heterocycles. The molecule has 0 bridgehead atoms. The van der Waals surface area contributed by atoms with Gasteiger partial charge in [-0.1, -0.05) is 10.8 Å². The van der Waals surface area contributed by atoms with Crippen LogP contribution in [0.15, 0.2) is 0 Å². The van der Waals surface area contributed by atoms with Gasteiger partial charge in [0.2, 0.25) is 0 Å². The van der Waals surface area contributed by atoms with E-state index in [4.69, 9.17) is 4.78 Å². The SMILES string of the molecule is CC1SS1=N. The quantitative estimate of drug-likeness (QED) is 0.367. The average molecular weight is 107 g/mol. The van der Waals surface area contributed by atoms with Gasteiger partial charge in [-0.2, -0.15) is 0 Å². The molecule has 0 aromatic heterocycles. The third-order valence-electron chi connectivity index (χ3n) is 0.503. The van der Waals surface area contributed by atoms with Crippen LogP contribution in [0.5, 0.6) is 0 Å². The lowest BCUT2D eigenvalue weighted by Crippen LogP contribution is -1.59. The first-order valence-corrected chi connectivity index (χ1v) is 4.10. The van der Waals surface area contributed by atoms with Crippen LogP contribution in [0.3, 0.4) is 0 Å². The summed E-state index contributed by atoms with van der Waals surface area (Å²) in [6.45, 7) is 2.08. The van der Waals surface area contributed by atoms with Gasteiger partial charge >= 0.3 is 0 Å². The van der Waals surface area contributed by atoms with Crippen molar-refractivity contribution >= 4 is 20.5 Å². The topological polar surface area (TPSA) is 23.9 Å². The van der Waals surface area contributed by atoms with Crippen LogP contribution in [0.2, 0.25) is 0 Å². The predicted octanol–water partition coefficient (Wildman–Crippen LogP) is 1.37. The number of nitrogens with one attached hydrogen (secondary N) is 1. The molecule has 1 fully saturated rings. The molecule has 2 unspecified atom stereocenters. The highest BCUT2D eigenvalue weighted by molar-refractivity contribution is 8.85. The highest BCUT2D eigenvalue weighted by Crippen LogP contribution is 2.38. The van der Waals surface area contributed by atoms with E-state index in [9.17, 15) is 0 Å². The Morgan fingerprint density at radius 1 is 2.00 bits per heavy atom. The normalized spacial score (nSPS) is 49.0. The zero-order valence-corrected chi connectivity index (χ0v) is 4.53. The van der Waals surface area contributed by atoms with Crippen LogP contribution in [0.25, 0.3) is 0 Å². The minimum Gasteiger partial charge on any atom is -0.269 e. The van der Waals surface area contributed by atoms with Gasteiger partial charge in [-0.15, -0.1) is 0 Å². The highest BCUT2D eigenvalue weighted by Gasteiger charge is 2.23. The van der Waals surface area contributed by atoms with Crippen LogP contribution in [0, 0.1) is 4.78 Å². The standard InChI is InChI=1S/C2H5NS2/c1-2-4-5(2)3/h2-3H,1H3. The Balaban J connectivity index is 2.47. The van der Waals surface area contributed by atoms with Gasteiger partial charge in [0, 0.05) is 0 Å². The Hall–Kier alpha value is 0.500. The summed E-state index contributed by atoms with van der Waals surface area (Å²) >= 11 is 0. The second-order valence-electron chi connectivity index (χ2n) is 0.961. The lowest BCUT2D eigenvalue weighted by Gasteiger charge is -1.52. The zero-order valence-electron chi connectivity index (χ0n) is 2.89. The van der Waals surface area contributed by atoms with Crippen molar-refractivity contribution in [1.29, 1.82) is 4.78 Å². The monoisotopic (exact) mass is 107 g/mol. The summed E-state index contributed by atoms with van der Waals surface area (Å²) in [4.78, 5) is 0. The lowest BCUT2D eigenvalue weighted by atomic mass is 11.0. The van der Waals surface area contributed by atoms with E-state index in [2.05, 4.69) is 6.92 Å². The van der Waals surface area contributed by atoms with Crippen LogP contribution >= 0.6 is 10.8 Å². The van der Waals surface area contributed by atoms with Gasteiger partial charge in [0.15, 0.2) is 0 Å². The predicted molar refractivity (Wildman–Crippen MR) is 27.1 cm³/mol. The Bertz CT molecular complexity index is 70.0. The second-order valence-corrected chi connectivity index (χ2v) is 5.12. The third-order valence-corrected chi connectivity index (χ3v) is 3.82. The summed E-state index contributed by atoms with van der Waals surface area (Å²) in [5.74, 6) is 0. The first-order valence-electron chi connectivity index (χ1n) is 1.42. The molecule has 0 spiro atoms. The molecule has 0 saturated carbocycles. The fourth-order valence-corrected chi connectivity index (χ4v) is 1.46. The maximum absolute atomic E-state index is 6.89. The highest BCUT2D eigenvalue weighted by atomic mass is 33.2. The lowest BCUT2D eigenvalue weighted by molar-refractivity contribution is 1.45. The van der Waals surface area contributed by atoms with Gasteiger partial charge in [-0.3, -0.25) is 4.78 Å². The molecular weight excluding hydrogens is 102 g/mol. The second kappa shape index (κ2) is 0.980. The molecule has 1 rings (SSSR count). The van der Waals surface area contributed by atoms with Crippen LogP contribution in [0.4, 0.5) is 0 Å². The molecule has 0 amide bonds. The van der Waals surface area contributed by atoms with Crippen LogP contribution in [-0.4, -0.2) is 4.58 Å². The van der Waals surface area contributed by atoms with Crippen molar-refractivity contribution in [2.45, 2.75) is 11.5 Å². The summed E-state index contributed by atoms with van der Waals surface area (Å²) in [7, 11) is 1.75. The fraction of sp³-hybridized carbons (Fsp3) is 1.00. The van der Waals surface area contributed by atoms with E-state index in [0.29, 0.717) is 4.58 Å². The Morgan fingerprint density at radius 2 is 2.20 bits per heavy atom. The van der Waals surface area contributed by atoms with Crippen molar-refractivity contribution in [3.8, 4) is 0 Å². The van der Waals surface area contributed by atoms with Crippen LogP contribution in [-0.2, 0) is 9.72 Å². The van der Waals surface area contributed by atoms with Gasteiger partial charge in [0.25, 0.3) is 0 Å². The van der Waals surface area contributed by atoms with E-state index in [1.165, 1.54) is 0 Å². The Morgan fingerprint density at radius 3 is 2.20 bits per heavy atom. The van der Waals surface area contributed by atoms with Gasteiger partial charge in [-0.25, -0.2) is 0 Å². The molecule has 1 aliphatic heterocycles. The molecule has 1 N–H and O–H groups in total. The molecule has 5 heavy (non-hydrogen) atoms. The number of rotatable bonds is 0. The largest absolute Gasteiger partial charge is 0.269 e. The molecular formula is C2H5NS2. The van der Waals surface area contributed by atoms with Gasteiger partial charge in [0.05, 0.1) is 4.58 Å². The van der Waals surface area contributed by atoms with E-state index in [1.54, 1.807) is 10.8 Å². The average Bonchev–Trinajstić information content (AvgIpc) is 1.79. The molecule has 1 heterocycles. The van der Waals surface area contributed by atoms with Crippen molar-refractivity contribution < 1.29 is 0 Å². The first kappa shape index (κ1) is 3.68. The van der Waals surface area contributed by atoms with E-state index in [0.717, 1.165) is 0 Å². The van der Waals surface area contributed by atoms with E-state index >= 15 is 0 Å². The van der Waals surface area contributed by atoms with Crippen molar-refractivity contribution in [1.82, 2.24) is 0 Å². The summed E-state index contributed by atoms with van der Waals surface area (Å²) in [6, 6.07) is 0. The fourth-order valence-electron chi connectivity index (χ4n) is 0.123. The summed E-state index contributed by atoms with van der Waals surface area (Å²) < 4.78 is 7.55. The molecule has 30 valence electrons. The van der Waals surface area contributed by atoms with Crippen molar-refractivity contribution in [3.63, 3.8) is 0 Å². The first-order chi connectivity index (χ1) is 2.30. The maximum atomic E-state index is 6.89. The molecule has 2 atom stereocenters. The molecule has 3 heteroatoms. The molecule has 0 aliphatic carbocycles. The Kier molecular flexibility index (Phi) is 0.722. The molecule has 0 aromatic rings. The summed E-state index contributed by atoms with van der Waals surface area (Å²) in [6.07, 6.45) is 0. The van der Waals surface area contributed by atoms with E-state index < -0.39 is 0 Å². The third kappa shape index (κ3) is 0.666. The van der Waals surface area contributed by atoms with Gasteiger partial charge in [0.1, 0.15) is 0 Å². The van der Waals surface area contributed by atoms with Crippen molar-refractivity contribution in [2.24, 2.45) is 0 Å². The minimum atomic E-state index is 0.0108. The molecule has 1 nitrogen and oxygen atoms in total. The van der Waals surface area contributed by atoms with Crippen LogP contribution in [0.1, 0.15) is 6.92 Å². The molecule has 0 aromatic carbocycles. The summed E-state index contributed by atoms with van der Waals surface area (Å²) in [5.41, 5.74) is 0. The minimum absolute atomic E-state index is 0.0108. The summed E-state index contributed by atoms with van der Waals surface area (Å²) in [5, 5.41) is 0. The Labute approximate surface area is 37.4 Å². The number of hydrogen-bond donors (Lipinski definition) is 1. The van der Waals surface area contributed by atoms with Crippen LogP contribution < -0.4 is 0 Å². The van der Waals surface area contributed by atoms with Gasteiger partial charge in [-0.05, 0) is 16.6 Å². The maximum Gasteiger partial charge on any atom is 0.0790 e. The zero-order chi connectivity index (χ0) is 3.86.